The Kier molecular flexibility index (Phi) is 5.16. The third-order valence-corrected chi connectivity index (χ3v) is 6.51. The number of benzene rings is 2. The molecule has 0 spiro atoms. The van der Waals surface area contributed by atoms with Crippen molar-refractivity contribution in [3.05, 3.63) is 53.3 Å². The van der Waals surface area contributed by atoms with E-state index in [2.05, 4.69) is 9.82 Å². The molecule has 0 radical (unpaired) electrons. The molecular weight excluding hydrogens is 378 g/mol. The van der Waals surface area contributed by atoms with Crippen LogP contribution in [-0.4, -0.2) is 31.2 Å². The number of nitrogens with one attached hydrogen (secondary N) is 1. The highest BCUT2D eigenvalue weighted by molar-refractivity contribution is 7.90. The average molecular weight is 401 g/mol. The maximum atomic E-state index is 12.7. The van der Waals surface area contributed by atoms with Gasteiger partial charge in [-0.1, -0.05) is 24.3 Å². The summed E-state index contributed by atoms with van der Waals surface area (Å²) >= 11 is 0. The van der Waals surface area contributed by atoms with Crippen LogP contribution in [0.2, 0.25) is 0 Å². The summed E-state index contributed by atoms with van der Waals surface area (Å²) in [4.78, 5) is 12.7. The molecule has 1 N–H and O–H groups in total. The number of aryl methyl sites for hydroxylation is 2. The largest absolute Gasteiger partial charge is 0.497 e. The highest BCUT2D eigenvalue weighted by atomic mass is 32.2. The Morgan fingerprint density at radius 1 is 1.14 bits per heavy atom. The Morgan fingerprint density at radius 3 is 2.39 bits per heavy atom. The van der Waals surface area contributed by atoms with Gasteiger partial charge in [0.1, 0.15) is 10.6 Å². The number of carbonyl (C=O) groups excluding carboxylic acids is 1. The van der Waals surface area contributed by atoms with Crippen LogP contribution in [0.15, 0.2) is 41.3 Å². The van der Waals surface area contributed by atoms with Gasteiger partial charge in [-0.3, -0.25) is 9.48 Å². The summed E-state index contributed by atoms with van der Waals surface area (Å²) in [6, 6.07) is 11.2. The smallest absolute Gasteiger partial charge is 0.267 e. The number of rotatable bonds is 5. The van der Waals surface area contributed by atoms with Gasteiger partial charge in [0, 0.05) is 7.05 Å². The van der Waals surface area contributed by atoms with Gasteiger partial charge in [0.2, 0.25) is 5.91 Å². The number of carbonyl (C=O) groups is 1. The second-order valence-corrected chi connectivity index (χ2v) is 8.41. The molecule has 2 aromatic carbocycles. The molecule has 8 heteroatoms. The van der Waals surface area contributed by atoms with E-state index in [1.54, 1.807) is 34.9 Å². The van der Waals surface area contributed by atoms with E-state index in [0.29, 0.717) is 11.4 Å². The summed E-state index contributed by atoms with van der Waals surface area (Å²) in [6.07, 6.45) is 0. The number of fused-ring (bicyclic) bond motifs is 1. The summed E-state index contributed by atoms with van der Waals surface area (Å²) in [6.45, 7) is 4.94. The quantitative estimate of drug-likeness (QED) is 0.710. The Labute approximate surface area is 164 Å². The maximum absolute atomic E-state index is 12.7. The minimum Gasteiger partial charge on any atom is -0.497 e. The summed E-state index contributed by atoms with van der Waals surface area (Å²) in [5.74, 6) is -0.478. The van der Waals surface area contributed by atoms with E-state index in [9.17, 15) is 13.2 Å². The van der Waals surface area contributed by atoms with Gasteiger partial charge in [-0.2, -0.15) is 5.10 Å². The zero-order valence-corrected chi connectivity index (χ0v) is 17.3. The fourth-order valence-electron chi connectivity index (χ4n) is 3.20. The fraction of sp³-hybridized carbons (Fsp3) is 0.300. The molecule has 1 aromatic heterocycles. The van der Waals surface area contributed by atoms with Gasteiger partial charge < -0.3 is 4.74 Å². The molecule has 148 valence electrons. The maximum Gasteiger partial charge on any atom is 0.267 e. The van der Waals surface area contributed by atoms with Crippen LogP contribution < -0.4 is 9.46 Å². The fourth-order valence-corrected chi connectivity index (χ4v) is 4.70. The van der Waals surface area contributed by atoms with E-state index in [0.717, 1.165) is 22.1 Å². The van der Waals surface area contributed by atoms with Gasteiger partial charge in [-0.15, -0.1) is 0 Å². The van der Waals surface area contributed by atoms with Gasteiger partial charge in [0.25, 0.3) is 10.0 Å². The molecule has 28 heavy (non-hydrogen) atoms. The second kappa shape index (κ2) is 7.27. The van der Waals surface area contributed by atoms with Crippen LogP contribution >= 0.6 is 0 Å². The van der Waals surface area contributed by atoms with Crippen LogP contribution in [0.25, 0.3) is 10.8 Å². The average Bonchev–Trinajstić information content (AvgIpc) is 2.92. The highest BCUT2D eigenvalue weighted by Gasteiger charge is 2.28. The van der Waals surface area contributed by atoms with E-state index < -0.39 is 21.8 Å². The van der Waals surface area contributed by atoms with E-state index >= 15 is 0 Å². The Morgan fingerprint density at radius 2 is 1.79 bits per heavy atom. The van der Waals surface area contributed by atoms with Gasteiger partial charge >= 0.3 is 0 Å². The second-order valence-electron chi connectivity index (χ2n) is 6.79. The van der Waals surface area contributed by atoms with E-state index in [-0.39, 0.29) is 4.90 Å². The number of nitrogens with zero attached hydrogens (tertiary/aromatic N) is 2. The molecule has 1 atom stereocenters. The Balaban J connectivity index is 1.87. The first-order chi connectivity index (χ1) is 13.1. The van der Waals surface area contributed by atoms with E-state index in [1.165, 1.54) is 4.68 Å². The summed E-state index contributed by atoms with van der Waals surface area (Å²) in [5, 5.41) is 6.03. The standard InChI is InChI=1S/C20H23N3O4S/c1-12(15-6-7-17-11-18(27-5)9-8-16(17)10-15)20(24)22-28(25,26)19-13(2)21-23(4)14(19)3/h6-12H,1-5H3,(H,22,24). The molecule has 3 rings (SSSR count). The van der Waals surface area contributed by atoms with Crippen LogP contribution in [0.4, 0.5) is 0 Å². The van der Waals surface area contributed by atoms with Crippen LogP contribution in [0.3, 0.4) is 0 Å². The van der Waals surface area contributed by atoms with Crippen molar-refractivity contribution >= 4 is 26.7 Å². The number of amides is 1. The van der Waals surface area contributed by atoms with Crippen molar-refractivity contribution in [1.29, 1.82) is 0 Å². The van der Waals surface area contributed by atoms with Gasteiger partial charge in [-0.25, -0.2) is 13.1 Å². The van der Waals surface area contributed by atoms with Crippen LogP contribution in [-0.2, 0) is 21.9 Å². The summed E-state index contributed by atoms with van der Waals surface area (Å²) in [7, 11) is -0.736. The first kappa shape index (κ1) is 19.9. The molecule has 7 nitrogen and oxygen atoms in total. The number of sulfonamides is 1. The van der Waals surface area contributed by atoms with Crippen LogP contribution in [0.1, 0.15) is 29.8 Å². The van der Waals surface area contributed by atoms with Crippen molar-refractivity contribution < 1.29 is 17.9 Å². The third-order valence-electron chi connectivity index (χ3n) is 4.91. The lowest BCUT2D eigenvalue weighted by molar-refractivity contribution is -0.120. The number of hydrogen-bond acceptors (Lipinski definition) is 5. The van der Waals surface area contributed by atoms with Crippen LogP contribution in [0, 0.1) is 13.8 Å². The van der Waals surface area contributed by atoms with Crippen LogP contribution in [0.5, 0.6) is 5.75 Å². The Hall–Kier alpha value is -2.87. The molecule has 1 amide bonds. The highest BCUT2D eigenvalue weighted by Crippen LogP contribution is 2.26. The molecule has 1 heterocycles. The van der Waals surface area contributed by atoms with E-state index in [1.807, 2.05) is 36.4 Å². The summed E-state index contributed by atoms with van der Waals surface area (Å²) in [5.41, 5.74) is 1.56. The SMILES string of the molecule is COc1ccc2cc(C(C)C(=O)NS(=O)(=O)c3c(C)nn(C)c3C)ccc2c1. The molecule has 0 bridgehead atoms. The van der Waals surface area contributed by atoms with Crippen molar-refractivity contribution in [3.8, 4) is 5.75 Å². The van der Waals surface area contributed by atoms with Crippen molar-refractivity contribution in [2.24, 2.45) is 7.05 Å². The minimum atomic E-state index is -4.00. The third kappa shape index (κ3) is 3.60. The van der Waals surface area contributed by atoms with E-state index in [4.69, 9.17) is 4.74 Å². The lowest BCUT2D eigenvalue weighted by Gasteiger charge is -2.14. The van der Waals surface area contributed by atoms with Crippen molar-refractivity contribution in [3.63, 3.8) is 0 Å². The van der Waals surface area contributed by atoms with Gasteiger partial charge in [-0.05, 0) is 49.2 Å². The normalized spacial score (nSPS) is 12.8. The number of aromatic nitrogens is 2. The molecular formula is C20H23N3O4S. The predicted octanol–water partition coefficient (Wildman–Crippen LogP) is 2.81. The molecule has 1 unspecified atom stereocenters. The molecule has 0 aliphatic heterocycles. The molecule has 0 saturated heterocycles. The van der Waals surface area contributed by atoms with Gasteiger partial charge in [0.15, 0.2) is 0 Å². The lowest BCUT2D eigenvalue weighted by atomic mass is 9.97. The number of ether oxygens (including phenoxy) is 1. The number of hydrogen-bond donors (Lipinski definition) is 1. The summed E-state index contributed by atoms with van der Waals surface area (Å²) < 4.78 is 34.3. The monoisotopic (exact) mass is 401 g/mol. The Bertz CT molecular complexity index is 1170. The molecule has 3 aromatic rings. The molecule has 0 saturated carbocycles. The lowest BCUT2D eigenvalue weighted by Crippen LogP contribution is -2.34. The number of methoxy groups -OCH3 is 1. The predicted molar refractivity (Wildman–Crippen MR) is 107 cm³/mol. The molecule has 0 fully saturated rings. The van der Waals surface area contributed by atoms with Gasteiger partial charge in [0.05, 0.1) is 24.4 Å². The zero-order chi connectivity index (χ0) is 20.6. The zero-order valence-electron chi connectivity index (χ0n) is 16.5. The topological polar surface area (TPSA) is 90.3 Å². The van der Waals surface area contributed by atoms with Crippen molar-refractivity contribution in [2.45, 2.75) is 31.6 Å². The first-order valence-electron chi connectivity index (χ1n) is 8.78. The molecule has 0 aliphatic rings. The first-order valence-corrected chi connectivity index (χ1v) is 10.3. The molecule has 0 aliphatic carbocycles. The van der Waals surface area contributed by atoms with Crippen molar-refractivity contribution in [1.82, 2.24) is 14.5 Å². The van der Waals surface area contributed by atoms with Crippen molar-refractivity contribution in [2.75, 3.05) is 7.11 Å². The minimum absolute atomic E-state index is 0.0427.